The molecule has 0 saturated carbocycles. The Labute approximate surface area is 126 Å². The summed E-state index contributed by atoms with van der Waals surface area (Å²) in [6.45, 7) is 0. The smallest absolute Gasteiger partial charge is 0.328 e. The average Bonchev–Trinajstić information content (AvgIpc) is 2.47. The molecular weight excluding hydrogens is 289 g/mol. The van der Waals surface area contributed by atoms with Crippen LogP contribution in [0.5, 0.6) is 0 Å². The van der Waals surface area contributed by atoms with Gasteiger partial charge in [0, 0.05) is 28.0 Å². The monoisotopic (exact) mass is 303 g/mol. The molecule has 0 aliphatic heterocycles. The van der Waals surface area contributed by atoms with Crippen LogP contribution in [0.4, 0.5) is 10.1 Å². The molecule has 108 valence electrons. The molecule has 0 spiro atoms. The summed E-state index contributed by atoms with van der Waals surface area (Å²) in [6, 6.07) is 12.9. The van der Waals surface area contributed by atoms with Crippen molar-refractivity contribution in [3.63, 3.8) is 0 Å². The average molecular weight is 303 g/mol. The van der Waals surface area contributed by atoms with Crippen LogP contribution in [-0.2, 0) is 10.5 Å². The third-order valence-corrected chi connectivity index (χ3v) is 3.91. The van der Waals surface area contributed by atoms with E-state index in [2.05, 4.69) is 0 Å². The summed E-state index contributed by atoms with van der Waals surface area (Å²) in [5, 5.41) is 8.62. The van der Waals surface area contributed by atoms with Crippen LogP contribution in [0.1, 0.15) is 11.1 Å². The van der Waals surface area contributed by atoms with Gasteiger partial charge in [-0.2, -0.15) is 0 Å². The minimum Gasteiger partial charge on any atom is -0.478 e. The summed E-state index contributed by atoms with van der Waals surface area (Å²) in [5.74, 6) is -1.01. The fourth-order valence-electron chi connectivity index (χ4n) is 1.76. The van der Waals surface area contributed by atoms with Crippen molar-refractivity contribution in [1.29, 1.82) is 0 Å². The summed E-state index contributed by atoms with van der Waals surface area (Å²) >= 11 is 1.35. The van der Waals surface area contributed by atoms with Crippen LogP contribution in [0, 0.1) is 5.82 Å². The van der Waals surface area contributed by atoms with Gasteiger partial charge in [-0.25, -0.2) is 9.18 Å². The fourth-order valence-corrected chi connectivity index (χ4v) is 2.67. The van der Waals surface area contributed by atoms with E-state index < -0.39 is 11.8 Å². The zero-order valence-electron chi connectivity index (χ0n) is 11.1. The van der Waals surface area contributed by atoms with Crippen LogP contribution in [-0.4, -0.2) is 11.1 Å². The van der Waals surface area contributed by atoms with E-state index in [-0.39, 0.29) is 11.3 Å². The number of carboxylic acid groups (broad SMARTS) is 1. The number of rotatable bonds is 5. The number of halogens is 1. The van der Waals surface area contributed by atoms with E-state index >= 15 is 0 Å². The first-order valence-corrected chi connectivity index (χ1v) is 7.22. The molecule has 0 aromatic heterocycles. The molecular formula is C16H14FNO2S. The zero-order valence-corrected chi connectivity index (χ0v) is 11.9. The molecule has 2 rings (SSSR count). The number of nitrogen functional groups attached to an aromatic ring is 1. The number of carbonyl (C=O) groups is 1. The fraction of sp³-hybridized carbons (Fsp3) is 0.0625. The van der Waals surface area contributed by atoms with Gasteiger partial charge in [-0.05, 0) is 23.8 Å². The first-order chi connectivity index (χ1) is 10.1. The number of aliphatic carboxylic acids is 1. The number of carboxylic acids is 1. The van der Waals surface area contributed by atoms with E-state index in [0.29, 0.717) is 10.6 Å². The Morgan fingerprint density at radius 1 is 1.24 bits per heavy atom. The van der Waals surface area contributed by atoms with Gasteiger partial charge in [-0.15, -0.1) is 11.8 Å². The van der Waals surface area contributed by atoms with Crippen molar-refractivity contribution in [2.24, 2.45) is 0 Å². The molecule has 21 heavy (non-hydrogen) atoms. The highest BCUT2D eigenvalue weighted by Crippen LogP contribution is 2.30. The molecule has 0 radical (unpaired) electrons. The molecule has 0 fully saturated rings. The minimum atomic E-state index is -1.14. The van der Waals surface area contributed by atoms with Gasteiger partial charge in [0.05, 0.1) is 0 Å². The Morgan fingerprint density at radius 3 is 2.62 bits per heavy atom. The van der Waals surface area contributed by atoms with Crippen molar-refractivity contribution in [1.82, 2.24) is 0 Å². The van der Waals surface area contributed by atoms with E-state index in [1.807, 2.05) is 30.3 Å². The number of hydrogen-bond donors (Lipinski definition) is 2. The highest BCUT2D eigenvalue weighted by Gasteiger charge is 2.10. The van der Waals surface area contributed by atoms with Gasteiger partial charge in [-0.3, -0.25) is 0 Å². The number of anilines is 1. The topological polar surface area (TPSA) is 63.3 Å². The summed E-state index contributed by atoms with van der Waals surface area (Å²) < 4.78 is 14.3. The van der Waals surface area contributed by atoms with Crippen molar-refractivity contribution in [2.45, 2.75) is 10.6 Å². The largest absolute Gasteiger partial charge is 0.478 e. The molecule has 0 aliphatic carbocycles. The quantitative estimate of drug-likeness (QED) is 0.501. The number of nitrogens with two attached hydrogens (primary N) is 1. The lowest BCUT2D eigenvalue weighted by atomic mass is 10.1. The molecule has 5 heteroatoms. The van der Waals surface area contributed by atoms with E-state index in [1.54, 1.807) is 12.1 Å². The highest BCUT2D eigenvalue weighted by molar-refractivity contribution is 7.98. The SMILES string of the molecule is Nc1ccc(SCc2ccccc2)c(F)c1/C=C/C(=O)O. The van der Waals surface area contributed by atoms with Gasteiger partial charge >= 0.3 is 5.97 Å². The third-order valence-electron chi connectivity index (χ3n) is 2.81. The zero-order chi connectivity index (χ0) is 15.2. The van der Waals surface area contributed by atoms with Crippen molar-refractivity contribution in [3.05, 3.63) is 65.5 Å². The first-order valence-electron chi connectivity index (χ1n) is 6.23. The molecule has 0 aliphatic rings. The second-order valence-electron chi connectivity index (χ2n) is 4.33. The van der Waals surface area contributed by atoms with Crippen molar-refractivity contribution >= 4 is 29.5 Å². The maximum Gasteiger partial charge on any atom is 0.328 e. The molecule has 2 aromatic rings. The number of benzene rings is 2. The van der Waals surface area contributed by atoms with Crippen LogP contribution >= 0.6 is 11.8 Å². The van der Waals surface area contributed by atoms with Gasteiger partial charge in [0.25, 0.3) is 0 Å². The Balaban J connectivity index is 2.21. The van der Waals surface area contributed by atoms with Gasteiger partial charge in [-0.1, -0.05) is 30.3 Å². The molecule has 0 amide bonds. The molecule has 3 nitrogen and oxygen atoms in total. The number of thioether (sulfide) groups is 1. The Kier molecular flexibility index (Phi) is 5.00. The highest BCUT2D eigenvalue weighted by atomic mass is 32.2. The van der Waals surface area contributed by atoms with Crippen molar-refractivity contribution in [3.8, 4) is 0 Å². The standard InChI is InChI=1S/C16H14FNO2S/c17-16-12(6-9-15(19)20)13(18)7-8-14(16)21-10-11-4-2-1-3-5-11/h1-9H,10,18H2,(H,19,20)/b9-6+. The van der Waals surface area contributed by atoms with Crippen LogP contribution in [0.2, 0.25) is 0 Å². The van der Waals surface area contributed by atoms with Crippen LogP contribution in [0.3, 0.4) is 0 Å². The molecule has 2 aromatic carbocycles. The summed E-state index contributed by atoms with van der Waals surface area (Å²) in [6.07, 6.45) is 2.06. The first kappa shape index (κ1) is 15.1. The molecule has 3 N–H and O–H groups in total. The Bertz CT molecular complexity index is 671. The van der Waals surface area contributed by atoms with E-state index in [0.717, 1.165) is 11.6 Å². The Hall–Kier alpha value is -2.27. The molecule has 0 unspecified atom stereocenters. The predicted octanol–water partition coefficient (Wildman–Crippen LogP) is 3.80. The number of hydrogen-bond acceptors (Lipinski definition) is 3. The maximum absolute atomic E-state index is 14.3. The predicted molar refractivity (Wildman–Crippen MR) is 83.5 cm³/mol. The summed E-state index contributed by atoms with van der Waals surface area (Å²) in [7, 11) is 0. The second kappa shape index (κ2) is 6.95. The third kappa shape index (κ3) is 4.10. The lowest BCUT2D eigenvalue weighted by Crippen LogP contribution is -1.96. The van der Waals surface area contributed by atoms with Crippen molar-refractivity contribution in [2.75, 3.05) is 5.73 Å². The van der Waals surface area contributed by atoms with E-state index in [9.17, 15) is 9.18 Å². The van der Waals surface area contributed by atoms with Crippen molar-refractivity contribution < 1.29 is 14.3 Å². The summed E-state index contributed by atoms with van der Waals surface area (Å²) in [5.41, 5.74) is 7.10. The molecule has 0 atom stereocenters. The van der Waals surface area contributed by atoms with Crippen LogP contribution < -0.4 is 5.73 Å². The van der Waals surface area contributed by atoms with Gasteiger partial charge < -0.3 is 10.8 Å². The normalized spacial score (nSPS) is 10.9. The van der Waals surface area contributed by atoms with Gasteiger partial charge in [0.1, 0.15) is 5.82 Å². The Morgan fingerprint density at radius 2 is 1.95 bits per heavy atom. The maximum atomic E-state index is 14.3. The van der Waals surface area contributed by atoms with Crippen LogP contribution in [0.15, 0.2) is 53.4 Å². The van der Waals surface area contributed by atoms with Gasteiger partial charge in [0.2, 0.25) is 0 Å². The minimum absolute atomic E-state index is 0.107. The lowest BCUT2D eigenvalue weighted by Gasteiger charge is -2.08. The van der Waals surface area contributed by atoms with Crippen LogP contribution in [0.25, 0.3) is 6.08 Å². The molecule has 0 saturated heterocycles. The lowest BCUT2D eigenvalue weighted by molar-refractivity contribution is -0.131. The molecule has 0 heterocycles. The molecule has 0 bridgehead atoms. The van der Waals surface area contributed by atoms with Gasteiger partial charge in [0.15, 0.2) is 0 Å². The van der Waals surface area contributed by atoms with E-state index in [1.165, 1.54) is 17.8 Å². The van der Waals surface area contributed by atoms with E-state index in [4.69, 9.17) is 10.8 Å². The summed E-state index contributed by atoms with van der Waals surface area (Å²) in [4.78, 5) is 11.0. The second-order valence-corrected chi connectivity index (χ2v) is 5.34.